The molecule has 1 aromatic heterocycles. The fraction of sp³-hybridized carbons (Fsp3) is 0.154. The van der Waals surface area contributed by atoms with Crippen molar-refractivity contribution in [2.45, 2.75) is 13.5 Å². The van der Waals surface area contributed by atoms with Gasteiger partial charge in [0.25, 0.3) is 5.56 Å². The predicted molar refractivity (Wildman–Crippen MR) is 78.1 cm³/mol. The van der Waals surface area contributed by atoms with Gasteiger partial charge in [0, 0.05) is 11.2 Å². The van der Waals surface area contributed by atoms with Crippen molar-refractivity contribution >= 4 is 33.2 Å². The highest BCUT2D eigenvalue weighted by molar-refractivity contribution is 9.10. The zero-order chi connectivity index (χ0) is 13.3. The number of rotatable bonds is 2. The summed E-state index contributed by atoms with van der Waals surface area (Å²) in [5, 5.41) is 0.639. The summed E-state index contributed by atoms with van der Waals surface area (Å²) in [6, 6.07) is 7.43. The van der Waals surface area contributed by atoms with E-state index in [4.69, 9.17) is 17.3 Å². The number of hydrogen-bond acceptors (Lipinski definition) is 2. The van der Waals surface area contributed by atoms with Crippen LogP contribution in [0.15, 0.2) is 39.7 Å². The number of aromatic nitrogens is 1. The quantitative estimate of drug-likeness (QED) is 0.921. The maximum Gasteiger partial charge on any atom is 0.265 e. The second kappa shape index (κ2) is 5.16. The molecule has 0 radical (unpaired) electrons. The molecule has 0 bridgehead atoms. The van der Waals surface area contributed by atoms with Gasteiger partial charge in [0.15, 0.2) is 0 Å². The van der Waals surface area contributed by atoms with E-state index in [1.54, 1.807) is 23.8 Å². The van der Waals surface area contributed by atoms with E-state index in [0.717, 1.165) is 11.1 Å². The molecular formula is C13H12BrClN2O. The smallest absolute Gasteiger partial charge is 0.265 e. The van der Waals surface area contributed by atoms with Gasteiger partial charge in [0.2, 0.25) is 0 Å². The number of pyridine rings is 1. The van der Waals surface area contributed by atoms with Crippen molar-refractivity contribution in [1.29, 1.82) is 0 Å². The van der Waals surface area contributed by atoms with Gasteiger partial charge in [0.1, 0.15) is 0 Å². The summed E-state index contributed by atoms with van der Waals surface area (Å²) < 4.78 is 2.04. The third-order valence-electron chi connectivity index (χ3n) is 2.80. The van der Waals surface area contributed by atoms with Crippen molar-refractivity contribution < 1.29 is 0 Å². The van der Waals surface area contributed by atoms with Crippen molar-refractivity contribution in [3.63, 3.8) is 0 Å². The maximum absolute atomic E-state index is 12.1. The van der Waals surface area contributed by atoms with E-state index in [1.807, 2.05) is 18.2 Å². The van der Waals surface area contributed by atoms with E-state index in [0.29, 0.717) is 21.7 Å². The molecule has 0 unspecified atom stereocenters. The summed E-state index contributed by atoms with van der Waals surface area (Å²) in [4.78, 5) is 12.1. The summed E-state index contributed by atoms with van der Waals surface area (Å²) >= 11 is 9.35. The molecule has 0 aliphatic carbocycles. The summed E-state index contributed by atoms with van der Waals surface area (Å²) in [6.07, 6.45) is 1.64. The van der Waals surface area contributed by atoms with Crippen molar-refractivity contribution in [3.05, 3.63) is 61.4 Å². The molecule has 0 saturated heterocycles. The van der Waals surface area contributed by atoms with E-state index in [-0.39, 0.29) is 5.56 Å². The first-order valence-electron chi connectivity index (χ1n) is 5.39. The Hall–Kier alpha value is -1.26. The van der Waals surface area contributed by atoms with Gasteiger partial charge in [0.05, 0.1) is 16.7 Å². The van der Waals surface area contributed by atoms with Crippen molar-refractivity contribution in [1.82, 2.24) is 4.57 Å². The fourth-order valence-electron chi connectivity index (χ4n) is 1.66. The van der Waals surface area contributed by atoms with Gasteiger partial charge in [-0.1, -0.05) is 29.8 Å². The van der Waals surface area contributed by atoms with Crippen LogP contribution in [0.4, 0.5) is 5.69 Å². The molecule has 1 heterocycles. The Labute approximate surface area is 118 Å². The molecule has 94 valence electrons. The molecule has 3 nitrogen and oxygen atoms in total. The molecule has 0 spiro atoms. The third kappa shape index (κ3) is 2.44. The minimum Gasteiger partial charge on any atom is -0.397 e. The average Bonchev–Trinajstić information content (AvgIpc) is 2.36. The normalized spacial score (nSPS) is 10.6. The van der Waals surface area contributed by atoms with Crippen LogP contribution in [0.5, 0.6) is 0 Å². The van der Waals surface area contributed by atoms with E-state index < -0.39 is 0 Å². The van der Waals surface area contributed by atoms with Crippen molar-refractivity contribution in [3.8, 4) is 0 Å². The van der Waals surface area contributed by atoms with Crippen LogP contribution in [0, 0.1) is 6.92 Å². The van der Waals surface area contributed by atoms with E-state index in [2.05, 4.69) is 15.9 Å². The Bertz CT molecular complexity index is 652. The van der Waals surface area contributed by atoms with Crippen LogP contribution in [0.1, 0.15) is 11.1 Å². The van der Waals surface area contributed by atoms with Crippen molar-refractivity contribution in [2.24, 2.45) is 0 Å². The number of nitrogens with two attached hydrogens (primary N) is 1. The van der Waals surface area contributed by atoms with Crippen LogP contribution in [0.3, 0.4) is 0 Å². The number of nitrogens with zero attached hydrogens (tertiary/aromatic N) is 1. The van der Waals surface area contributed by atoms with Gasteiger partial charge < -0.3 is 10.3 Å². The van der Waals surface area contributed by atoms with Gasteiger partial charge in [-0.05, 0) is 40.0 Å². The number of benzene rings is 1. The number of halogens is 2. The maximum atomic E-state index is 12.1. The van der Waals surface area contributed by atoms with Crippen LogP contribution in [0.2, 0.25) is 5.02 Å². The third-order valence-corrected chi connectivity index (χ3v) is 4.11. The molecule has 2 aromatic rings. The Morgan fingerprint density at radius 1 is 1.39 bits per heavy atom. The highest BCUT2D eigenvalue weighted by Crippen LogP contribution is 2.19. The largest absolute Gasteiger partial charge is 0.397 e. The first-order valence-corrected chi connectivity index (χ1v) is 6.56. The molecule has 0 saturated carbocycles. The fourth-order valence-corrected chi connectivity index (χ4v) is 2.32. The molecule has 0 atom stereocenters. The molecule has 5 heteroatoms. The van der Waals surface area contributed by atoms with E-state index in [1.165, 1.54) is 0 Å². The Kier molecular flexibility index (Phi) is 3.78. The van der Waals surface area contributed by atoms with Crippen LogP contribution in [-0.4, -0.2) is 4.57 Å². The minimum atomic E-state index is -0.110. The predicted octanol–water partition coefficient (Wildman–Crippen LogP) is 3.20. The van der Waals surface area contributed by atoms with Crippen LogP contribution >= 0.6 is 27.5 Å². The summed E-state index contributed by atoms with van der Waals surface area (Å²) in [5.74, 6) is 0. The molecule has 1 aromatic carbocycles. The lowest BCUT2D eigenvalue weighted by molar-refractivity contribution is 0.755. The second-order valence-corrected chi connectivity index (χ2v) is 5.25. The van der Waals surface area contributed by atoms with E-state index in [9.17, 15) is 4.79 Å². The topological polar surface area (TPSA) is 48.0 Å². The zero-order valence-corrected chi connectivity index (χ0v) is 12.1. The molecule has 2 N–H and O–H groups in total. The van der Waals surface area contributed by atoms with Gasteiger partial charge in [-0.2, -0.15) is 0 Å². The molecular weight excluding hydrogens is 316 g/mol. The molecule has 0 aliphatic rings. The monoisotopic (exact) mass is 326 g/mol. The molecule has 0 fully saturated rings. The molecule has 0 aliphatic heterocycles. The zero-order valence-electron chi connectivity index (χ0n) is 9.78. The number of anilines is 1. The summed E-state index contributed by atoms with van der Waals surface area (Å²) in [5.41, 5.74) is 7.97. The first-order chi connectivity index (χ1) is 8.50. The molecule has 18 heavy (non-hydrogen) atoms. The van der Waals surface area contributed by atoms with Gasteiger partial charge >= 0.3 is 0 Å². The minimum absolute atomic E-state index is 0.110. The van der Waals surface area contributed by atoms with Crippen LogP contribution in [0.25, 0.3) is 0 Å². The standard InChI is InChI=1S/C13H12BrClN2O/c1-8-11(16)7-17(13(18)12(8)14)6-9-4-2-3-5-10(9)15/h2-5,7H,6,16H2,1H3. The van der Waals surface area contributed by atoms with Crippen LogP contribution in [-0.2, 0) is 6.54 Å². The number of hydrogen-bond donors (Lipinski definition) is 1. The van der Waals surface area contributed by atoms with Gasteiger partial charge in [-0.15, -0.1) is 0 Å². The summed E-state index contributed by atoms with van der Waals surface area (Å²) in [6.45, 7) is 2.21. The lowest BCUT2D eigenvalue weighted by Gasteiger charge is -2.11. The highest BCUT2D eigenvalue weighted by Gasteiger charge is 2.09. The first kappa shape index (κ1) is 13.2. The highest BCUT2D eigenvalue weighted by atomic mass is 79.9. The Morgan fingerprint density at radius 3 is 2.72 bits per heavy atom. The average molecular weight is 328 g/mol. The summed E-state index contributed by atoms with van der Waals surface area (Å²) in [7, 11) is 0. The van der Waals surface area contributed by atoms with Crippen LogP contribution < -0.4 is 11.3 Å². The molecule has 0 amide bonds. The van der Waals surface area contributed by atoms with Gasteiger partial charge in [-0.3, -0.25) is 4.79 Å². The van der Waals surface area contributed by atoms with Crippen molar-refractivity contribution in [2.75, 3.05) is 5.73 Å². The SMILES string of the molecule is Cc1c(N)cn(Cc2ccccc2Cl)c(=O)c1Br. The lowest BCUT2D eigenvalue weighted by Crippen LogP contribution is -2.22. The number of nitrogen functional groups attached to an aromatic ring is 1. The van der Waals surface area contributed by atoms with E-state index >= 15 is 0 Å². The molecule has 2 rings (SSSR count). The lowest BCUT2D eigenvalue weighted by atomic mass is 10.2. The van der Waals surface area contributed by atoms with Gasteiger partial charge in [-0.25, -0.2) is 0 Å². The second-order valence-electron chi connectivity index (χ2n) is 4.05. The Balaban J connectivity index is 2.48. The Morgan fingerprint density at radius 2 is 2.06 bits per heavy atom.